The number of nitrogens with one attached hydrogen (secondary N) is 1. The van der Waals surface area contributed by atoms with Crippen LogP contribution < -0.4 is 5.32 Å². The van der Waals surface area contributed by atoms with Crippen molar-refractivity contribution >= 4 is 11.9 Å². The second-order valence-electron chi connectivity index (χ2n) is 5.91. The first kappa shape index (κ1) is 16.5. The first-order valence-electron chi connectivity index (χ1n) is 8.03. The second-order valence-corrected chi connectivity index (χ2v) is 5.91. The van der Waals surface area contributed by atoms with Crippen LogP contribution in [-0.2, 0) is 28.9 Å². The van der Waals surface area contributed by atoms with E-state index in [0.29, 0.717) is 31.4 Å². The Morgan fingerprint density at radius 3 is 2.45 bits per heavy atom. The molecular formula is C16H24N2O4. The molecule has 0 unspecified atom stereocenters. The van der Waals surface area contributed by atoms with Gasteiger partial charge < -0.3 is 14.9 Å². The maximum absolute atomic E-state index is 12.4. The third-order valence-electron chi connectivity index (χ3n) is 4.44. The van der Waals surface area contributed by atoms with Gasteiger partial charge in [0.05, 0.1) is 12.1 Å². The van der Waals surface area contributed by atoms with E-state index in [1.807, 2.05) is 13.8 Å². The molecule has 1 aliphatic rings. The number of amides is 1. The van der Waals surface area contributed by atoms with Crippen molar-refractivity contribution in [3.05, 3.63) is 17.0 Å². The maximum atomic E-state index is 12.4. The summed E-state index contributed by atoms with van der Waals surface area (Å²) in [4.78, 5) is 24.0. The van der Waals surface area contributed by atoms with Crippen molar-refractivity contribution in [1.82, 2.24) is 10.5 Å². The van der Waals surface area contributed by atoms with Gasteiger partial charge in [0.2, 0.25) is 5.91 Å². The molecule has 1 heterocycles. The van der Waals surface area contributed by atoms with Gasteiger partial charge in [-0.05, 0) is 19.3 Å². The van der Waals surface area contributed by atoms with Crippen LogP contribution in [0.25, 0.3) is 0 Å². The maximum Gasteiger partial charge on any atom is 0.329 e. The molecule has 6 heteroatoms. The zero-order chi connectivity index (χ0) is 16.2. The molecule has 0 bridgehead atoms. The van der Waals surface area contributed by atoms with E-state index in [9.17, 15) is 14.7 Å². The lowest BCUT2D eigenvalue weighted by molar-refractivity contribution is -0.149. The Balaban J connectivity index is 2.12. The molecule has 0 aliphatic heterocycles. The fraction of sp³-hybridized carbons (Fsp3) is 0.688. The number of carboxylic acids is 1. The molecule has 2 rings (SSSR count). The molecule has 1 amide bonds. The molecule has 1 aromatic heterocycles. The predicted octanol–water partition coefficient (Wildman–Crippen LogP) is 2.25. The fourth-order valence-corrected chi connectivity index (χ4v) is 3.16. The van der Waals surface area contributed by atoms with Gasteiger partial charge in [0.25, 0.3) is 0 Å². The van der Waals surface area contributed by atoms with Crippen molar-refractivity contribution in [2.75, 3.05) is 0 Å². The summed E-state index contributed by atoms with van der Waals surface area (Å²) in [7, 11) is 0. The number of hydrogen-bond donors (Lipinski definition) is 2. The number of aliphatic carboxylic acids is 1. The molecule has 1 fully saturated rings. The first-order chi connectivity index (χ1) is 10.5. The number of nitrogens with zero attached hydrogens (tertiary/aromatic N) is 1. The minimum absolute atomic E-state index is 0.130. The van der Waals surface area contributed by atoms with Crippen LogP contribution >= 0.6 is 0 Å². The summed E-state index contributed by atoms with van der Waals surface area (Å²) < 4.78 is 5.25. The highest BCUT2D eigenvalue weighted by Gasteiger charge is 2.41. The summed E-state index contributed by atoms with van der Waals surface area (Å²) in [5.74, 6) is -0.491. The monoisotopic (exact) mass is 308 g/mol. The van der Waals surface area contributed by atoms with Crippen LogP contribution in [0.5, 0.6) is 0 Å². The van der Waals surface area contributed by atoms with Crippen molar-refractivity contribution in [1.29, 1.82) is 0 Å². The number of aryl methyl sites for hydroxylation is 2. The fourth-order valence-electron chi connectivity index (χ4n) is 3.16. The zero-order valence-corrected chi connectivity index (χ0v) is 13.3. The minimum Gasteiger partial charge on any atom is -0.480 e. The molecule has 22 heavy (non-hydrogen) atoms. The van der Waals surface area contributed by atoms with E-state index in [1.165, 1.54) is 0 Å². The second kappa shape index (κ2) is 6.94. The molecule has 6 nitrogen and oxygen atoms in total. The van der Waals surface area contributed by atoms with Gasteiger partial charge >= 0.3 is 5.97 Å². The molecular weight excluding hydrogens is 284 g/mol. The summed E-state index contributed by atoms with van der Waals surface area (Å²) in [6.45, 7) is 3.90. The third kappa shape index (κ3) is 3.31. The highest BCUT2D eigenvalue weighted by atomic mass is 16.5. The lowest BCUT2D eigenvalue weighted by atomic mass is 9.81. The van der Waals surface area contributed by atoms with E-state index in [2.05, 4.69) is 10.5 Å². The van der Waals surface area contributed by atoms with E-state index >= 15 is 0 Å². The normalized spacial score (nSPS) is 17.2. The average molecular weight is 308 g/mol. The summed E-state index contributed by atoms with van der Waals surface area (Å²) in [5, 5.41) is 16.3. The Bertz CT molecular complexity index is 523. The highest BCUT2D eigenvalue weighted by molar-refractivity contribution is 5.88. The van der Waals surface area contributed by atoms with Crippen molar-refractivity contribution in [2.24, 2.45) is 0 Å². The number of carbonyl (C=O) groups excluding carboxylic acids is 1. The Labute approximate surface area is 130 Å². The molecule has 1 aliphatic carbocycles. The Morgan fingerprint density at radius 2 is 1.91 bits per heavy atom. The molecule has 0 aromatic carbocycles. The summed E-state index contributed by atoms with van der Waals surface area (Å²) in [6.07, 6.45) is 5.18. The van der Waals surface area contributed by atoms with E-state index < -0.39 is 11.5 Å². The lowest BCUT2D eigenvalue weighted by Crippen LogP contribution is -2.56. The van der Waals surface area contributed by atoms with Gasteiger partial charge in [-0.2, -0.15) is 0 Å². The van der Waals surface area contributed by atoms with Crippen LogP contribution in [0, 0.1) is 0 Å². The molecule has 0 spiro atoms. The largest absolute Gasteiger partial charge is 0.480 e. The van der Waals surface area contributed by atoms with E-state index in [4.69, 9.17) is 4.52 Å². The summed E-state index contributed by atoms with van der Waals surface area (Å²) in [6, 6.07) is 0. The molecule has 0 radical (unpaired) electrons. The number of carbonyl (C=O) groups is 2. The van der Waals surface area contributed by atoms with Crippen molar-refractivity contribution < 1.29 is 19.2 Å². The van der Waals surface area contributed by atoms with Crippen LogP contribution in [0.2, 0.25) is 0 Å². The summed E-state index contributed by atoms with van der Waals surface area (Å²) in [5.41, 5.74) is 0.476. The number of carboxylic acid groups (broad SMARTS) is 1. The van der Waals surface area contributed by atoms with Crippen LogP contribution in [0.15, 0.2) is 4.52 Å². The standard InChI is InChI=1S/C16H24N2O4/c1-3-12-11(13(4-2)22-18-12)10-14(19)17-16(15(20)21)8-6-5-7-9-16/h3-10H2,1-2H3,(H,17,19)(H,20,21). The van der Waals surface area contributed by atoms with Crippen LogP contribution in [-0.4, -0.2) is 27.7 Å². The molecule has 2 N–H and O–H groups in total. The summed E-state index contributed by atoms with van der Waals surface area (Å²) >= 11 is 0. The molecule has 0 saturated heterocycles. The molecule has 1 aromatic rings. The molecule has 122 valence electrons. The molecule has 1 saturated carbocycles. The van der Waals surface area contributed by atoms with Gasteiger partial charge in [-0.1, -0.05) is 38.3 Å². The van der Waals surface area contributed by atoms with Gasteiger partial charge in [0.1, 0.15) is 11.3 Å². The SMILES string of the molecule is CCc1noc(CC)c1CC(=O)NC1(C(=O)O)CCCCC1. The Morgan fingerprint density at radius 1 is 1.23 bits per heavy atom. The van der Waals surface area contributed by atoms with Gasteiger partial charge in [-0.3, -0.25) is 4.79 Å². The van der Waals surface area contributed by atoms with Crippen LogP contribution in [0.4, 0.5) is 0 Å². The Hall–Kier alpha value is -1.85. The number of hydrogen-bond acceptors (Lipinski definition) is 4. The Kier molecular flexibility index (Phi) is 5.21. The minimum atomic E-state index is -1.11. The highest BCUT2D eigenvalue weighted by Crippen LogP contribution is 2.29. The third-order valence-corrected chi connectivity index (χ3v) is 4.44. The average Bonchev–Trinajstić information content (AvgIpc) is 2.89. The zero-order valence-electron chi connectivity index (χ0n) is 13.3. The van der Waals surface area contributed by atoms with E-state index in [-0.39, 0.29) is 12.3 Å². The van der Waals surface area contributed by atoms with Crippen LogP contribution in [0.1, 0.15) is 63.0 Å². The van der Waals surface area contributed by atoms with E-state index in [0.717, 1.165) is 30.5 Å². The smallest absolute Gasteiger partial charge is 0.329 e. The number of rotatable bonds is 6. The van der Waals surface area contributed by atoms with E-state index in [1.54, 1.807) is 0 Å². The quantitative estimate of drug-likeness (QED) is 0.841. The van der Waals surface area contributed by atoms with Gasteiger partial charge in [0.15, 0.2) is 0 Å². The van der Waals surface area contributed by atoms with Crippen LogP contribution in [0.3, 0.4) is 0 Å². The van der Waals surface area contributed by atoms with Gasteiger partial charge in [0, 0.05) is 12.0 Å². The van der Waals surface area contributed by atoms with Crippen molar-refractivity contribution in [3.8, 4) is 0 Å². The predicted molar refractivity (Wildman–Crippen MR) is 80.6 cm³/mol. The van der Waals surface area contributed by atoms with Gasteiger partial charge in [-0.15, -0.1) is 0 Å². The van der Waals surface area contributed by atoms with Gasteiger partial charge in [-0.25, -0.2) is 4.79 Å². The first-order valence-corrected chi connectivity index (χ1v) is 8.03. The molecule has 0 atom stereocenters. The van der Waals surface area contributed by atoms with Crippen molar-refractivity contribution in [3.63, 3.8) is 0 Å². The number of aromatic nitrogens is 1. The van der Waals surface area contributed by atoms with Crippen molar-refractivity contribution in [2.45, 2.75) is 70.8 Å². The lowest BCUT2D eigenvalue weighted by Gasteiger charge is -2.34. The topological polar surface area (TPSA) is 92.4 Å².